The third-order valence-corrected chi connectivity index (χ3v) is 5.03. The van der Waals surface area contributed by atoms with E-state index in [0.717, 1.165) is 24.2 Å². The molecular weight excluding hydrogens is 362 g/mol. The van der Waals surface area contributed by atoms with Crippen LogP contribution >= 0.6 is 11.8 Å². The second kappa shape index (κ2) is 7.79. The molecule has 4 rings (SSSR count). The first-order chi connectivity index (χ1) is 13.2. The highest BCUT2D eigenvalue weighted by Gasteiger charge is 2.28. The van der Waals surface area contributed by atoms with E-state index in [0.29, 0.717) is 22.6 Å². The summed E-state index contributed by atoms with van der Waals surface area (Å²) >= 11 is 1.33. The SMILES string of the molecule is Cc1ccc(Oc2ccccc2NC(=O)CSc2nnnn2C2CC2)cc1. The highest BCUT2D eigenvalue weighted by molar-refractivity contribution is 7.99. The number of aromatic nitrogens is 4. The number of para-hydroxylation sites is 2. The number of hydrogen-bond donors (Lipinski definition) is 1. The van der Waals surface area contributed by atoms with Gasteiger partial charge in [-0.3, -0.25) is 4.79 Å². The summed E-state index contributed by atoms with van der Waals surface area (Å²) in [7, 11) is 0. The number of carbonyl (C=O) groups is 1. The third-order valence-electron chi connectivity index (χ3n) is 4.10. The molecule has 8 heteroatoms. The molecule has 1 aliphatic rings. The topological polar surface area (TPSA) is 81.9 Å². The van der Waals surface area contributed by atoms with Crippen LogP contribution in [0.2, 0.25) is 0 Å². The van der Waals surface area contributed by atoms with Gasteiger partial charge < -0.3 is 10.1 Å². The average molecular weight is 381 g/mol. The molecular formula is C19H19N5O2S. The van der Waals surface area contributed by atoms with E-state index in [4.69, 9.17) is 4.74 Å². The van der Waals surface area contributed by atoms with Crippen LogP contribution in [0.5, 0.6) is 11.5 Å². The van der Waals surface area contributed by atoms with Crippen molar-refractivity contribution >= 4 is 23.4 Å². The summed E-state index contributed by atoms with van der Waals surface area (Å²) in [4.78, 5) is 12.4. The number of hydrogen-bond acceptors (Lipinski definition) is 6. The molecule has 0 unspecified atom stereocenters. The molecule has 1 fully saturated rings. The maximum Gasteiger partial charge on any atom is 0.234 e. The fourth-order valence-electron chi connectivity index (χ4n) is 2.54. The number of thioether (sulfide) groups is 1. The number of rotatable bonds is 7. The van der Waals surface area contributed by atoms with E-state index in [9.17, 15) is 4.79 Å². The van der Waals surface area contributed by atoms with Gasteiger partial charge in [-0.25, -0.2) is 4.68 Å². The molecule has 0 spiro atoms. The standard InChI is InChI=1S/C19H19N5O2S/c1-13-6-10-15(11-7-13)26-17-5-3-2-4-16(17)20-18(25)12-27-19-21-22-23-24(19)14-8-9-14/h2-7,10-11,14H,8-9,12H2,1H3,(H,20,25). The third kappa shape index (κ3) is 4.46. The van der Waals surface area contributed by atoms with Crippen molar-refractivity contribution in [3.63, 3.8) is 0 Å². The largest absolute Gasteiger partial charge is 0.455 e. The minimum Gasteiger partial charge on any atom is -0.455 e. The fourth-order valence-corrected chi connectivity index (χ4v) is 3.28. The molecule has 138 valence electrons. The second-order valence-electron chi connectivity index (χ2n) is 6.39. The van der Waals surface area contributed by atoms with Gasteiger partial charge in [-0.2, -0.15) is 0 Å². The normalized spacial score (nSPS) is 13.4. The van der Waals surface area contributed by atoms with Crippen LogP contribution in [-0.2, 0) is 4.79 Å². The summed E-state index contributed by atoms with van der Waals surface area (Å²) in [5.74, 6) is 1.42. The van der Waals surface area contributed by atoms with Gasteiger partial charge in [-0.15, -0.1) is 5.10 Å². The molecule has 27 heavy (non-hydrogen) atoms. The van der Waals surface area contributed by atoms with Crippen molar-refractivity contribution in [2.75, 3.05) is 11.1 Å². The summed E-state index contributed by atoms with van der Waals surface area (Å²) in [6, 6.07) is 15.5. The average Bonchev–Trinajstić information content (AvgIpc) is 3.41. The molecule has 1 saturated carbocycles. The van der Waals surface area contributed by atoms with Gasteiger partial charge in [-0.05, 0) is 54.5 Å². The first-order valence-corrected chi connectivity index (χ1v) is 9.71. The fraction of sp³-hybridized carbons (Fsp3) is 0.263. The van der Waals surface area contributed by atoms with Gasteiger partial charge in [0.25, 0.3) is 0 Å². The first-order valence-electron chi connectivity index (χ1n) is 8.73. The van der Waals surface area contributed by atoms with Gasteiger partial charge in [0.05, 0.1) is 17.5 Å². The van der Waals surface area contributed by atoms with E-state index in [1.165, 1.54) is 11.8 Å². The molecule has 7 nitrogen and oxygen atoms in total. The molecule has 1 heterocycles. The highest BCUT2D eigenvalue weighted by atomic mass is 32.2. The van der Waals surface area contributed by atoms with E-state index in [1.807, 2.05) is 55.5 Å². The number of benzene rings is 2. The van der Waals surface area contributed by atoms with Crippen LogP contribution in [0.25, 0.3) is 0 Å². The molecule has 3 aromatic rings. The van der Waals surface area contributed by atoms with Crippen molar-refractivity contribution in [2.24, 2.45) is 0 Å². The Balaban J connectivity index is 1.39. The van der Waals surface area contributed by atoms with Gasteiger partial charge in [-0.1, -0.05) is 41.6 Å². The smallest absolute Gasteiger partial charge is 0.234 e. The number of ether oxygens (including phenoxy) is 1. The van der Waals surface area contributed by atoms with Crippen molar-refractivity contribution in [3.8, 4) is 11.5 Å². The second-order valence-corrected chi connectivity index (χ2v) is 7.33. The monoisotopic (exact) mass is 381 g/mol. The van der Waals surface area contributed by atoms with E-state index < -0.39 is 0 Å². The first kappa shape index (κ1) is 17.5. The van der Waals surface area contributed by atoms with Crippen LogP contribution in [0.1, 0.15) is 24.4 Å². The minimum atomic E-state index is -0.134. The molecule has 1 amide bonds. The van der Waals surface area contributed by atoms with Crippen LogP contribution in [0.15, 0.2) is 53.7 Å². The summed E-state index contributed by atoms with van der Waals surface area (Å²) in [6.45, 7) is 2.02. The van der Waals surface area contributed by atoms with Crippen LogP contribution in [0.3, 0.4) is 0 Å². The Morgan fingerprint density at radius 2 is 2.00 bits per heavy atom. The summed E-state index contributed by atoms with van der Waals surface area (Å²) in [6.07, 6.45) is 2.18. The zero-order chi connectivity index (χ0) is 18.6. The van der Waals surface area contributed by atoms with Crippen LogP contribution in [-0.4, -0.2) is 31.9 Å². The highest BCUT2D eigenvalue weighted by Crippen LogP contribution is 2.36. The zero-order valence-electron chi connectivity index (χ0n) is 14.8. The van der Waals surface area contributed by atoms with Gasteiger partial charge in [0.1, 0.15) is 5.75 Å². The molecule has 2 aromatic carbocycles. The molecule has 0 bridgehead atoms. The lowest BCUT2D eigenvalue weighted by molar-refractivity contribution is -0.113. The molecule has 0 atom stereocenters. The Hall–Kier alpha value is -2.87. The molecule has 0 radical (unpaired) electrons. The Morgan fingerprint density at radius 1 is 1.22 bits per heavy atom. The van der Waals surface area contributed by atoms with Crippen LogP contribution in [0, 0.1) is 6.92 Å². The minimum absolute atomic E-state index is 0.134. The van der Waals surface area contributed by atoms with E-state index in [1.54, 1.807) is 4.68 Å². The number of carbonyl (C=O) groups excluding carboxylic acids is 1. The Labute approximate surface area is 161 Å². The predicted octanol–water partition coefficient (Wildman–Crippen LogP) is 3.84. The molecule has 0 aliphatic heterocycles. The van der Waals surface area contributed by atoms with Gasteiger partial charge in [0.2, 0.25) is 11.1 Å². The number of anilines is 1. The molecule has 0 saturated heterocycles. The molecule has 1 N–H and O–H groups in total. The number of nitrogens with one attached hydrogen (secondary N) is 1. The van der Waals surface area contributed by atoms with Crippen molar-refractivity contribution in [3.05, 3.63) is 54.1 Å². The maximum atomic E-state index is 12.4. The molecule has 1 aromatic heterocycles. The van der Waals surface area contributed by atoms with Crippen molar-refractivity contribution in [2.45, 2.75) is 31.0 Å². The number of aryl methyl sites for hydroxylation is 1. The lowest BCUT2D eigenvalue weighted by Crippen LogP contribution is -2.15. The van der Waals surface area contributed by atoms with Crippen molar-refractivity contribution in [1.82, 2.24) is 20.2 Å². The van der Waals surface area contributed by atoms with E-state index in [2.05, 4.69) is 20.8 Å². The Kier molecular flexibility index (Phi) is 5.06. The van der Waals surface area contributed by atoms with Crippen molar-refractivity contribution in [1.29, 1.82) is 0 Å². The summed E-state index contributed by atoms with van der Waals surface area (Å²) < 4.78 is 7.71. The zero-order valence-corrected chi connectivity index (χ0v) is 15.6. The molecule has 1 aliphatic carbocycles. The van der Waals surface area contributed by atoms with Gasteiger partial charge in [0.15, 0.2) is 5.75 Å². The van der Waals surface area contributed by atoms with Gasteiger partial charge >= 0.3 is 0 Å². The number of nitrogens with zero attached hydrogens (tertiary/aromatic N) is 4. The van der Waals surface area contributed by atoms with Crippen LogP contribution in [0.4, 0.5) is 5.69 Å². The Bertz CT molecular complexity index is 937. The lowest BCUT2D eigenvalue weighted by Gasteiger charge is -2.12. The van der Waals surface area contributed by atoms with E-state index >= 15 is 0 Å². The summed E-state index contributed by atoms with van der Waals surface area (Å²) in [5, 5.41) is 15.3. The van der Waals surface area contributed by atoms with Gasteiger partial charge in [0, 0.05) is 0 Å². The number of amides is 1. The van der Waals surface area contributed by atoms with Crippen LogP contribution < -0.4 is 10.1 Å². The van der Waals surface area contributed by atoms with Crippen molar-refractivity contribution < 1.29 is 9.53 Å². The number of tetrazole rings is 1. The quantitative estimate of drug-likeness (QED) is 0.626. The Morgan fingerprint density at radius 3 is 2.78 bits per heavy atom. The van der Waals surface area contributed by atoms with E-state index in [-0.39, 0.29) is 11.7 Å². The maximum absolute atomic E-state index is 12.4. The predicted molar refractivity (Wildman–Crippen MR) is 103 cm³/mol. The summed E-state index contributed by atoms with van der Waals surface area (Å²) in [5.41, 5.74) is 1.79. The lowest BCUT2D eigenvalue weighted by atomic mass is 10.2.